The number of nitrogens with zero attached hydrogens (tertiary/aromatic N) is 2. The Kier molecular flexibility index (Phi) is 8.11. The molecule has 9 heteroatoms. The second-order valence-corrected chi connectivity index (χ2v) is 9.92. The Hall–Kier alpha value is -1.81. The van der Waals surface area contributed by atoms with Gasteiger partial charge < -0.3 is 10.2 Å². The highest BCUT2D eigenvalue weighted by Gasteiger charge is 2.21. The molecule has 0 saturated heterocycles. The number of hydrogen-bond donors (Lipinski definition) is 1. The van der Waals surface area contributed by atoms with Gasteiger partial charge >= 0.3 is 0 Å². The molecule has 154 valence electrons. The quantitative estimate of drug-likeness (QED) is 0.633. The van der Waals surface area contributed by atoms with Crippen LogP contribution in [0.15, 0.2) is 46.0 Å². The average Bonchev–Trinajstić information content (AvgIpc) is 3.17. The summed E-state index contributed by atoms with van der Waals surface area (Å²) in [7, 11) is 1.75. The predicted octanol–water partition coefficient (Wildman–Crippen LogP) is 2.71. The lowest BCUT2D eigenvalue weighted by Crippen LogP contribution is -2.35. The first kappa shape index (κ1) is 22.5. The molecule has 0 spiro atoms. The zero-order chi connectivity index (χ0) is 20.7. The highest BCUT2D eigenvalue weighted by Crippen LogP contribution is 2.20. The Morgan fingerprint density at radius 3 is 2.57 bits per heavy atom. The molecule has 6 nitrogen and oxygen atoms in total. The summed E-state index contributed by atoms with van der Waals surface area (Å²) in [5.41, 5.74) is 0.784. The number of hydrogen-bond acceptors (Lipinski definition) is 5. The maximum Gasteiger partial charge on any atom is 0.252 e. The van der Waals surface area contributed by atoms with Crippen LogP contribution in [-0.2, 0) is 14.8 Å². The summed E-state index contributed by atoms with van der Waals surface area (Å²) in [6.45, 7) is 0.604. The Morgan fingerprint density at radius 1 is 1.21 bits per heavy atom. The van der Waals surface area contributed by atoms with Gasteiger partial charge in [-0.15, -0.1) is 11.3 Å². The molecular formula is C19H26FN3O3S2. The summed E-state index contributed by atoms with van der Waals surface area (Å²) in [4.78, 5) is 14.1. The first-order valence-corrected chi connectivity index (χ1v) is 11.2. The van der Waals surface area contributed by atoms with E-state index in [1.807, 2.05) is 25.1 Å². The standard InChI is InChI=1S/C19H26FN3O3S2/c1-22(2)17(15-7-4-8-16(20)13-15)14-21-18(24)9-5-11-23(3)28(25,26)19-10-6-12-27-19/h4,6-8,10,12-13,17H,5,9,11,14H2,1-3H3,(H,21,24)/t17-/m1/s1. The van der Waals surface area contributed by atoms with Gasteiger partial charge in [-0.05, 0) is 49.7 Å². The number of carbonyl (C=O) groups is 1. The van der Waals surface area contributed by atoms with E-state index < -0.39 is 10.0 Å². The van der Waals surface area contributed by atoms with Crippen LogP contribution in [0.3, 0.4) is 0 Å². The van der Waals surface area contributed by atoms with Crippen molar-refractivity contribution in [1.29, 1.82) is 0 Å². The van der Waals surface area contributed by atoms with E-state index in [9.17, 15) is 17.6 Å². The molecule has 0 aliphatic rings. The van der Waals surface area contributed by atoms with Crippen LogP contribution in [-0.4, -0.2) is 57.8 Å². The first-order valence-electron chi connectivity index (χ1n) is 8.90. The number of halogens is 1. The zero-order valence-corrected chi connectivity index (χ0v) is 17.9. The number of nitrogens with one attached hydrogen (secondary N) is 1. The van der Waals surface area contributed by atoms with Crippen molar-refractivity contribution in [2.45, 2.75) is 23.1 Å². The predicted molar refractivity (Wildman–Crippen MR) is 109 cm³/mol. The lowest BCUT2D eigenvalue weighted by molar-refractivity contribution is -0.121. The molecule has 0 fully saturated rings. The Labute approximate surface area is 170 Å². The van der Waals surface area contributed by atoms with E-state index in [0.29, 0.717) is 17.2 Å². The molecule has 1 aromatic heterocycles. The van der Waals surface area contributed by atoms with Crippen LogP contribution in [0.5, 0.6) is 0 Å². The van der Waals surface area contributed by atoms with E-state index in [2.05, 4.69) is 5.32 Å². The molecule has 1 atom stereocenters. The molecule has 2 rings (SSSR count). The van der Waals surface area contributed by atoms with Gasteiger partial charge in [-0.3, -0.25) is 4.79 Å². The number of thiophene rings is 1. The highest BCUT2D eigenvalue weighted by molar-refractivity contribution is 7.91. The van der Waals surface area contributed by atoms with Gasteiger partial charge in [0.25, 0.3) is 10.0 Å². The van der Waals surface area contributed by atoms with Crippen molar-refractivity contribution in [2.75, 3.05) is 34.2 Å². The van der Waals surface area contributed by atoms with Crippen molar-refractivity contribution in [3.63, 3.8) is 0 Å². The molecule has 0 bridgehead atoms. The van der Waals surface area contributed by atoms with Crippen molar-refractivity contribution in [1.82, 2.24) is 14.5 Å². The van der Waals surface area contributed by atoms with Crippen LogP contribution in [0.25, 0.3) is 0 Å². The molecular weight excluding hydrogens is 401 g/mol. The van der Waals surface area contributed by atoms with Crippen molar-refractivity contribution >= 4 is 27.3 Å². The van der Waals surface area contributed by atoms with Crippen molar-refractivity contribution in [2.24, 2.45) is 0 Å². The number of carbonyl (C=O) groups excluding carboxylic acids is 1. The number of likely N-dealkylation sites (N-methyl/N-ethyl adjacent to an activating group) is 1. The van der Waals surface area contributed by atoms with Gasteiger partial charge in [0.1, 0.15) is 10.0 Å². The van der Waals surface area contributed by atoms with Crippen LogP contribution in [0, 0.1) is 5.82 Å². The number of rotatable bonds is 10. The third-order valence-corrected chi connectivity index (χ3v) is 7.62. The van der Waals surface area contributed by atoms with Crippen LogP contribution >= 0.6 is 11.3 Å². The molecule has 28 heavy (non-hydrogen) atoms. The summed E-state index contributed by atoms with van der Waals surface area (Å²) in [5, 5.41) is 4.57. The van der Waals surface area contributed by atoms with Crippen LogP contribution in [0.4, 0.5) is 4.39 Å². The smallest absolute Gasteiger partial charge is 0.252 e. The van der Waals surface area contributed by atoms with Crippen molar-refractivity contribution in [3.8, 4) is 0 Å². The fourth-order valence-corrected chi connectivity index (χ4v) is 5.17. The molecule has 0 unspecified atom stereocenters. The molecule has 1 aromatic carbocycles. The number of sulfonamides is 1. The molecule has 1 N–H and O–H groups in total. The minimum absolute atomic E-state index is 0.151. The van der Waals surface area contributed by atoms with Gasteiger partial charge in [-0.25, -0.2) is 17.1 Å². The Bertz CT molecular complexity index is 870. The van der Waals surface area contributed by atoms with E-state index in [0.717, 1.165) is 5.56 Å². The molecule has 0 aliphatic carbocycles. The Balaban J connectivity index is 1.82. The zero-order valence-electron chi connectivity index (χ0n) is 16.3. The maximum absolute atomic E-state index is 13.5. The minimum atomic E-state index is -3.49. The van der Waals surface area contributed by atoms with E-state index in [1.54, 1.807) is 23.6 Å². The van der Waals surface area contributed by atoms with Crippen molar-refractivity contribution in [3.05, 3.63) is 53.2 Å². The summed E-state index contributed by atoms with van der Waals surface area (Å²) < 4.78 is 39.7. The number of amides is 1. The summed E-state index contributed by atoms with van der Waals surface area (Å²) in [6, 6.07) is 9.42. The summed E-state index contributed by atoms with van der Waals surface area (Å²) >= 11 is 1.17. The van der Waals surface area contributed by atoms with E-state index in [-0.39, 0.29) is 30.7 Å². The van der Waals surface area contributed by atoms with Gasteiger partial charge in [0, 0.05) is 26.6 Å². The highest BCUT2D eigenvalue weighted by atomic mass is 32.2. The second-order valence-electron chi connectivity index (χ2n) is 6.70. The SMILES string of the molecule is CN(C)[C@H](CNC(=O)CCCN(C)S(=O)(=O)c1cccs1)c1cccc(F)c1. The van der Waals surface area contributed by atoms with Gasteiger partial charge in [0.05, 0.1) is 6.04 Å². The van der Waals surface area contributed by atoms with Crippen LogP contribution in [0.1, 0.15) is 24.4 Å². The Morgan fingerprint density at radius 2 is 1.96 bits per heavy atom. The van der Waals surface area contributed by atoms with E-state index in [1.165, 1.54) is 34.8 Å². The van der Waals surface area contributed by atoms with Gasteiger partial charge in [-0.2, -0.15) is 0 Å². The minimum Gasteiger partial charge on any atom is -0.354 e. The fourth-order valence-electron chi connectivity index (χ4n) is 2.76. The fraction of sp³-hybridized carbons (Fsp3) is 0.421. The molecule has 0 aliphatic heterocycles. The summed E-state index contributed by atoms with van der Waals surface area (Å²) in [5.74, 6) is -0.476. The molecule has 0 radical (unpaired) electrons. The van der Waals surface area contributed by atoms with E-state index in [4.69, 9.17) is 0 Å². The molecule has 1 heterocycles. The monoisotopic (exact) mass is 427 g/mol. The van der Waals surface area contributed by atoms with Crippen molar-refractivity contribution < 1.29 is 17.6 Å². The largest absolute Gasteiger partial charge is 0.354 e. The van der Waals surface area contributed by atoms with Gasteiger partial charge in [0.2, 0.25) is 5.91 Å². The van der Waals surface area contributed by atoms with E-state index >= 15 is 0 Å². The average molecular weight is 428 g/mol. The lowest BCUT2D eigenvalue weighted by atomic mass is 10.1. The molecule has 2 aromatic rings. The maximum atomic E-state index is 13.5. The first-order chi connectivity index (χ1) is 13.2. The lowest BCUT2D eigenvalue weighted by Gasteiger charge is -2.25. The normalized spacial score (nSPS) is 13.1. The third kappa shape index (κ3) is 6.10. The van der Waals surface area contributed by atoms with Crippen LogP contribution < -0.4 is 5.32 Å². The second kappa shape index (κ2) is 10.1. The molecule has 1 amide bonds. The molecule has 0 saturated carbocycles. The third-order valence-electron chi connectivity index (χ3n) is 4.39. The van der Waals surface area contributed by atoms with Gasteiger partial charge in [-0.1, -0.05) is 18.2 Å². The van der Waals surface area contributed by atoms with Crippen LogP contribution in [0.2, 0.25) is 0 Å². The summed E-state index contributed by atoms with van der Waals surface area (Å²) in [6.07, 6.45) is 0.632. The van der Waals surface area contributed by atoms with Gasteiger partial charge in [0.15, 0.2) is 0 Å². The number of benzene rings is 1. The topological polar surface area (TPSA) is 69.7 Å².